The SMILES string of the molecule is CCc1noc(CN2CC(C)NCc3ccccc32)n1. The summed E-state index contributed by atoms with van der Waals surface area (Å²) in [6.45, 7) is 6.72. The van der Waals surface area contributed by atoms with Crippen LogP contribution in [0.5, 0.6) is 0 Å². The molecule has 1 aliphatic heterocycles. The first-order valence-corrected chi connectivity index (χ1v) is 7.14. The quantitative estimate of drug-likeness (QED) is 0.927. The Morgan fingerprint density at radius 1 is 1.40 bits per heavy atom. The molecule has 3 rings (SSSR count). The molecule has 0 radical (unpaired) electrons. The van der Waals surface area contributed by atoms with Crippen LogP contribution in [0.15, 0.2) is 28.8 Å². The van der Waals surface area contributed by atoms with Gasteiger partial charge in [0, 0.05) is 31.2 Å². The number of aromatic nitrogens is 2. The summed E-state index contributed by atoms with van der Waals surface area (Å²) < 4.78 is 5.33. The maximum atomic E-state index is 5.33. The predicted molar refractivity (Wildman–Crippen MR) is 77.5 cm³/mol. The van der Waals surface area contributed by atoms with Crippen LogP contribution in [0.1, 0.15) is 31.1 Å². The van der Waals surface area contributed by atoms with Crippen LogP contribution in [-0.2, 0) is 19.5 Å². The van der Waals surface area contributed by atoms with Crippen molar-refractivity contribution in [1.82, 2.24) is 15.5 Å². The van der Waals surface area contributed by atoms with E-state index < -0.39 is 0 Å². The first-order chi connectivity index (χ1) is 9.76. The molecule has 0 bridgehead atoms. The van der Waals surface area contributed by atoms with Crippen molar-refractivity contribution >= 4 is 5.69 Å². The molecular formula is C15H20N4O. The van der Waals surface area contributed by atoms with Crippen LogP contribution in [0.25, 0.3) is 0 Å². The Morgan fingerprint density at radius 2 is 2.25 bits per heavy atom. The normalized spacial score (nSPS) is 18.7. The lowest BCUT2D eigenvalue weighted by atomic mass is 10.1. The van der Waals surface area contributed by atoms with E-state index in [9.17, 15) is 0 Å². The van der Waals surface area contributed by atoms with Crippen LogP contribution in [0, 0.1) is 0 Å². The molecule has 0 saturated heterocycles. The monoisotopic (exact) mass is 272 g/mol. The minimum absolute atomic E-state index is 0.427. The summed E-state index contributed by atoms with van der Waals surface area (Å²) in [4.78, 5) is 6.72. The number of benzene rings is 1. The van der Waals surface area contributed by atoms with E-state index in [1.807, 2.05) is 6.92 Å². The van der Waals surface area contributed by atoms with Gasteiger partial charge < -0.3 is 14.7 Å². The maximum Gasteiger partial charge on any atom is 0.246 e. The molecule has 2 aromatic rings. The first-order valence-electron chi connectivity index (χ1n) is 7.14. The number of hydrogen-bond acceptors (Lipinski definition) is 5. The van der Waals surface area contributed by atoms with Crippen molar-refractivity contribution < 1.29 is 4.52 Å². The van der Waals surface area contributed by atoms with Crippen LogP contribution in [0.2, 0.25) is 0 Å². The zero-order valence-electron chi connectivity index (χ0n) is 12.0. The summed E-state index contributed by atoms with van der Waals surface area (Å²) in [5.41, 5.74) is 2.56. The van der Waals surface area contributed by atoms with Gasteiger partial charge >= 0.3 is 0 Å². The topological polar surface area (TPSA) is 54.2 Å². The summed E-state index contributed by atoms with van der Waals surface area (Å²) in [7, 11) is 0. The zero-order chi connectivity index (χ0) is 13.9. The predicted octanol–water partition coefficient (Wildman–Crippen LogP) is 2.13. The van der Waals surface area contributed by atoms with Crippen molar-refractivity contribution in [1.29, 1.82) is 0 Å². The summed E-state index contributed by atoms with van der Waals surface area (Å²) in [6, 6.07) is 8.91. The fourth-order valence-corrected chi connectivity index (χ4v) is 2.56. The molecule has 5 nitrogen and oxygen atoms in total. The Labute approximate surface area is 119 Å². The van der Waals surface area contributed by atoms with E-state index in [2.05, 4.69) is 51.5 Å². The molecule has 0 spiro atoms. The molecule has 2 heterocycles. The lowest BCUT2D eigenvalue weighted by Gasteiger charge is -2.24. The molecule has 1 N–H and O–H groups in total. The minimum Gasteiger partial charge on any atom is -0.360 e. The van der Waals surface area contributed by atoms with Crippen LogP contribution in [0.3, 0.4) is 0 Å². The van der Waals surface area contributed by atoms with E-state index in [-0.39, 0.29) is 0 Å². The molecule has 1 unspecified atom stereocenters. The summed E-state index contributed by atoms with van der Waals surface area (Å²) in [6.07, 6.45) is 0.804. The number of rotatable bonds is 3. The Kier molecular flexibility index (Phi) is 3.69. The third kappa shape index (κ3) is 2.67. The lowest BCUT2D eigenvalue weighted by molar-refractivity contribution is 0.370. The second kappa shape index (κ2) is 5.63. The molecule has 0 aliphatic carbocycles. The standard InChI is InChI=1S/C15H20N4O/c1-3-14-17-15(20-18-14)10-19-9-11(2)16-8-12-6-4-5-7-13(12)19/h4-7,11,16H,3,8-10H2,1-2H3. The Balaban J connectivity index is 1.86. The van der Waals surface area contributed by atoms with Gasteiger partial charge in [0.1, 0.15) is 0 Å². The largest absolute Gasteiger partial charge is 0.360 e. The minimum atomic E-state index is 0.427. The van der Waals surface area contributed by atoms with E-state index in [4.69, 9.17) is 4.52 Å². The van der Waals surface area contributed by atoms with Gasteiger partial charge in [-0.1, -0.05) is 30.3 Å². The summed E-state index contributed by atoms with van der Waals surface area (Å²) >= 11 is 0. The molecule has 1 atom stereocenters. The van der Waals surface area contributed by atoms with Crippen LogP contribution in [-0.4, -0.2) is 22.7 Å². The van der Waals surface area contributed by atoms with Crippen LogP contribution < -0.4 is 10.2 Å². The van der Waals surface area contributed by atoms with Crippen molar-refractivity contribution in [2.45, 2.75) is 39.4 Å². The Hall–Kier alpha value is -1.88. The van der Waals surface area contributed by atoms with Gasteiger partial charge in [0.2, 0.25) is 5.89 Å². The highest BCUT2D eigenvalue weighted by Crippen LogP contribution is 2.24. The fraction of sp³-hybridized carbons (Fsp3) is 0.467. The third-order valence-electron chi connectivity index (χ3n) is 3.62. The summed E-state index contributed by atoms with van der Waals surface area (Å²) in [5.74, 6) is 1.46. The second-order valence-corrected chi connectivity index (χ2v) is 5.25. The van der Waals surface area contributed by atoms with Gasteiger partial charge in [0.05, 0.1) is 6.54 Å². The molecule has 1 aliphatic rings. The highest BCUT2D eigenvalue weighted by Gasteiger charge is 2.20. The number of anilines is 1. The molecule has 20 heavy (non-hydrogen) atoms. The van der Waals surface area contributed by atoms with E-state index in [0.717, 1.165) is 25.3 Å². The molecule has 0 saturated carbocycles. The molecule has 1 aromatic heterocycles. The van der Waals surface area contributed by atoms with Gasteiger partial charge in [-0.05, 0) is 18.6 Å². The van der Waals surface area contributed by atoms with Gasteiger partial charge in [0.15, 0.2) is 5.82 Å². The van der Waals surface area contributed by atoms with E-state index in [1.165, 1.54) is 11.3 Å². The first kappa shape index (κ1) is 13.1. The molecule has 0 amide bonds. The molecule has 1 aromatic carbocycles. The molecule has 5 heteroatoms. The fourth-order valence-electron chi connectivity index (χ4n) is 2.56. The number of hydrogen-bond donors (Lipinski definition) is 1. The average Bonchev–Trinajstić information content (AvgIpc) is 2.86. The number of fused-ring (bicyclic) bond motifs is 1. The van der Waals surface area contributed by atoms with Gasteiger partial charge in [-0.25, -0.2) is 0 Å². The third-order valence-corrected chi connectivity index (χ3v) is 3.62. The van der Waals surface area contributed by atoms with Crippen molar-refractivity contribution in [3.05, 3.63) is 41.5 Å². The highest BCUT2D eigenvalue weighted by atomic mass is 16.5. The van der Waals surface area contributed by atoms with Gasteiger partial charge in [-0.3, -0.25) is 0 Å². The van der Waals surface area contributed by atoms with E-state index in [0.29, 0.717) is 18.5 Å². The number of para-hydroxylation sites is 1. The molecular weight excluding hydrogens is 252 g/mol. The smallest absolute Gasteiger partial charge is 0.246 e. The van der Waals surface area contributed by atoms with Crippen LogP contribution >= 0.6 is 0 Å². The zero-order valence-corrected chi connectivity index (χ0v) is 12.0. The van der Waals surface area contributed by atoms with Gasteiger partial charge in [0.25, 0.3) is 0 Å². The summed E-state index contributed by atoms with van der Waals surface area (Å²) in [5, 5.41) is 7.49. The van der Waals surface area contributed by atoms with Gasteiger partial charge in [-0.15, -0.1) is 0 Å². The maximum absolute atomic E-state index is 5.33. The van der Waals surface area contributed by atoms with Crippen LogP contribution in [0.4, 0.5) is 5.69 Å². The van der Waals surface area contributed by atoms with Crippen molar-refractivity contribution in [3.8, 4) is 0 Å². The second-order valence-electron chi connectivity index (χ2n) is 5.25. The Morgan fingerprint density at radius 3 is 3.05 bits per heavy atom. The Bertz CT molecular complexity index is 581. The lowest BCUT2D eigenvalue weighted by Crippen LogP contribution is -2.35. The van der Waals surface area contributed by atoms with E-state index in [1.54, 1.807) is 0 Å². The molecule has 106 valence electrons. The van der Waals surface area contributed by atoms with Crippen molar-refractivity contribution in [2.24, 2.45) is 0 Å². The molecule has 0 fully saturated rings. The number of nitrogens with one attached hydrogen (secondary N) is 1. The van der Waals surface area contributed by atoms with Crippen molar-refractivity contribution in [3.63, 3.8) is 0 Å². The van der Waals surface area contributed by atoms with Gasteiger partial charge in [-0.2, -0.15) is 4.98 Å². The van der Waals surface area contributed by atoms with E-state index >= 15 is 0 Å². The highest BCUT2D eigenvalue weighted by molar-refractivity contribution is 5.54. The number of aryl methyl sites for hydroxylation is 1. The number of nitrogens with zero attached hydrogens (tertiary/aromatic N) is 3. The average molecular weight is 272 g/mol. The van der Waals surface area contributed by atoms with Crippen molar-refractivity contribution in [2.75, 3.05) is 11.4 Å².